The molecule has 0 spiro atoms. The summed E-state index contributed by atoms with van der Waals surface area (Å²) in [5.74, 6) is 1.91. The molecule has 0 aliphatic carbocycles. The van der Waals surface area contributed by atoms with Crippen LogP contribution in [0.2, 0.25) is 0 Å². The van der Waals surface area contributed by atoms with Gasteiger partial charge < -0.3 is 24.0 Å². The van der Waals surface area contributed by atoms with Gasteiger partial charge in [0.1, 0.15) is 29.8 Å². The second-order valence-corrected chi connectivity index (χ2v) is 6.70. The average molecular weight is 394 g/mol. The van der Waals surface area contributed by atoms with Crippen LogP contribution >= 0.6 is 0 Å². The summed E-state index contributed by atoms with van der Waals surface area (Å²) >= 11 is 0. The van der Waals surface area contributed by atoms with Gasteiger partial charge in [0.15, 0.2) is 5.75 Å². The smallest absolute Gasteiger partial charge is 0.153 e. The van der Waals surface area contributed by atoms with Crippen molar-refractivity contribution < 1.29 is 19.5 Å². The third kappa shape index (κ3) is 3.48. The topological polar surface area (TPSA) is 106 Å². The van der Waals surface area contributed by atoms with E-state index in [1.807, 2.05) is 48.7 Å². The standard InChI is InChI=1S/C16H17N3O4.C5H5N/c1-8-13(9(2)23-18-8)10-3-4-11-14-15(10)22-6-5-19(14)16(17-11)12(21)7-20;1-2-4-6-5-3-1/h3-4,12,20-21H,5-7H2,1-2H3;1-5H. The molecule has 8 nitrogen and oxygen atoms in total. The molecular formula is C21H22N4O4. The minimum Gasteiger partial charge on any atom is -0.489 e. The quantitative estimate of drug-likeness (QED) is 0.550. The predicted octanol–water partition coefficient (Wildman–Crippen LogP) is 2.81. The van der Waals surface area contributed by atoms with Crippen molar-refractivity contribution in [3.8, 4) is 16.9 Å². The van der Waals surface area contributed by atoms with E-state index < -0.39 is 6.10 Å². The lowest BCUT2D eigenvalue weighted by atomic mass is 10.0. The summed E-state index contributed by atoms with van der Waals surface area (Å²) in [4.78, 5) is 8.24. The Balaban J connectivity index is 0.000000294. The minimum absolute atomic E-state index is 0.365. The first-order chi connectivity index (χ1) is 14.1. The summed E-state index contributed by atoms with van der Waals surface area (Å²) in [5, 5.41) is 23.3. The number of aromatic nitrogens is 4. The SMILES string of the molecule is Cc1noc(C)c1-c1ccc2nc(C(O)CO)n3c2c1OCC3.c1ccncc1. The van der Waals surface area contributed by atoms with E-state index in [0.29, 0.717) is 24.7 Å². The van der Waals surface area contributed by atoms with Gasteiger partial charge in [0.2, 0.25) is 0 Å². The molecule has 5 rings (SSSR count). The van der Waals surface area contributed by atoms with Crippen LogP contribution in [0.3, 0.4) is 0 Å². The van der Waals surface area contributed by atoms with Crippen LogP contribution in [-0.2, 0) is 6.54 Å². The van der Waals surface area contributed by atoms with E-state index in [1.165, 1.54) is 0 Å². The Morgan fingerprint density at radius 2 is 1.97 bits per heavy atom. The first-order valence-electron chi connectivity index (χ1n) is 9.35. The van der Waals surface area contributed by atoms with E-state index >= 15 is 0 Å². The van der Waals surface area contributed by atoms with Gasteiger partial charge in [0.05, 0.1) is 29.9 Å². The highest BCUT2D eigenvalue weighted by atomic mass is 16.5. The fourth-order valence-corrected chi connectivity index (χ4v) is 3.53. The number of hydrogen-bond acceptors (Lipinski definition) is 7. The average Bonchev–Trinajstić information content (AvgIpc) is 3.31. The molecule has 4 heterocycles. The number of hydrogen-bond donors (Lipinski definition) is 2. The van der Waals surface area contributed by atoms with Gasteiger partial charge in [0.25, 0.3) is 0 Å². The number of benzene rings is 1. The van der Waals surface area contributed by atoms with Crippen molar-refractivity contribution in [3.05, 3.63) is 60.0 Å². The van der Waals surface area contributed by atoms with Gasteiger partial charge in [-0.05, 0) is 38.1 Å². The minimum atomic E-state index is -1.00. The molecule has 0 amide bonds. The Bertz CT molecular complexity index is 1070. The molecule has 8 heteroatoms. The van der Waals surface area contributed by atoms with Crippen molar-refractivity contribution in [1.82, 2.24) is 19.7 Å². The number of aliphatic hydroxyl groups is 2. The van der Waals surface area contributed by atoms with Crippen LogP contribution in [0, 0.1) is 13.8 Å². The molecule has 1 aliphatic heterocycles. The van der Waals surface area contributed by atoms with Gasteiger partial charge in [-0.1, -0.05) is 11.2 Å². The van der Waals surface area contributed by atoms with Gasteiger partial charge in [0, 0.05) is 18.0 Å². The molecule has 1 unspecified atom stereocenters. The Kier molecular flexibility index (Phi) is 5.28. The first kappa shape index (κ1) is 19.1. The molecule has 1 aliphatic rings. The maximum atomic E-state index is 10.00. The summed E-state index contributed by atoms with van der Waals surface area (Å²) in [5.41, 5.74) is 4.18. The number of imidazole rings is 1. The van der Waals surface area contributed by atoms with Crippen molar-refractivity contribution in [2.24, 2.45) is 0 Å². The molecular weight excluding hydrogens is 372 g/mol. The van der Waals surface area contributed by atoms with E-state index in [0.717, 1.165) is 33.6 Å². The second-order valence-electron chi connectivity index (χ2n) is 6.70. The lowest BCUT2D eigenvalue weighted by molar-refractivity contribution is 0.0848. The zero-order valence-electron chi connectivity index (χ0n) is 16.2. The Hall–Kier alpha value is -3.23. The van der Waals surface area contributed by atoms with Crippen LogP contribution in [0.25, 0.3) is 22.2 Å². The van der Waals surface area contributed by atoms with Gasteiger partial charge in [-0.2, -0.15) is 0 Å². The van der Waals surface area contributed by atoms with Crippen molar-refractivity contribution in [1.29, 1.82) is 0 Å². The fraction of sp³-hybridized carbons (Fsp3) is 0.286. The summed E-state index contributed by atoms with van der Waals surface area (Å²) in [6.45, 7) is 4.46. The molecule has 150 valence electrons. The van der Waals surface area contributed by atoms with E-state index in [1.54, 1.807) is 12.4 Å². The number of nitrogens with zero attached hydrogens (tertiary/aromatic N) is 4. The van der Waals surface area contributed by atoms with E-state index in [4.69, 9.17) is 9.26 Å². The van der Waals surface area contributed by atoms with E-state index in [-0.39, 0.29) is 6.61 Å². The molecule has 1 aromatic carbocycles. The van der Waals surface area contributed by atoms with Crippen LogP contribution in [0.15, 0.2) is 47.2 Å². The van der Waals surface area contributed by atoms with Crippen molar-refractivity contribution in [2.75, 3.05) is 13.2 Å². The van der Waals surface area contributed by atoms with Crippen LogP contribution in [0.5, 0.6) is 5.75 Å². The molecule has 1 atom stereocenters. The molecule has 3 aromatic heterocycles. The third-order valence-electron chi connectivity index (χ3n) is 4.79. The number of ether oxygens (including phenoxy) is 1. The van der Waals surface area contributed by atoms with Gasteiger partial charge in [-0.15, -0.1) is 0 Å². The lowest BCUT2D eigenvalue weighted by Gasteiger charge is -2.21. The molecule has 4 aromatic rings. The number of pyridine rings is 1. The Morgan fingerprint density at radius 1 is 1.17 bits per heavy atom. The number of rotatable bonds is 3. The Labute approximate surface area is 167 Å². The summed E-state index contributed by atoms with van der Waals surface area (Å²) in [6, 6.07) is 9.54. The maximum Gasteiger partial charge on any atom is 0.153 e. The maximum absolute atomic E-state index is 10.00. The summed E-state index contributed by atoms with van der Waals surface area (Å²) < 4.78 is 13.1. The largest absolute Gasteiger partial charge is 0.489 e. The number of aliphatic hydroxyl groups excluding tert-OH is 2. The number of aryl methyl sites for hydroxylation is 2. The van der Waals surface area contributed by atoms with Crippen molar-refractivity contribution >= 4 is 11.0 Å². The van der Waals surface area contributed by atoms with E-state index in [2.05, 4.69) is 15.1 Å². The molecule has 0 fully saturated rings. The molecule has 29 heavy (non-hydrogen) atoms. The van der Waals surface area contributed by atoms with E-state index in [9.17, 15) is 10.2 Å². The summed E-state index contributed by atoms with van der Waals surface area (Å²) in [6.07, 6.45) is 2.50. The molecule has 0 bridgehead atoms. The monoisotopic (exact) mass is 394 g/mol. The van der Waals surface area contributed by atoms with Crippen LogP contribution in [0.4, 0.5) is 0 Å². The zero-order chi connectivity index (χ0) is 20.4. The highest BCUT2D eigenvalue weighted by Crippen LogP contribution is 2.42. The highest BCUT2D eigenvalue weighted by molar-refractivity contribution is 5.92. The zero-order valence-corrected chi connectivity index (χ0v) is 16.2. The van der Waals surface area contributed by atoms with Crippen molar-refractivity contribution in [2.45, 2.75) is 26.5 Å². The Morgan fingerprint density at radius 3 is 2.55 bits per heavy atom. The highest BCUT2D eigenvalue weighted by Gasteiger charge is 2.27. The van der Waals surface area contributed by atoms with Crippen LogP contribution < -0.4 is 4.74 Å². The van der Waals surface area contributed by atoms with Gasteiger partial charge in [-0.25, -0.2) is 4.98 Å². The second kappa shape index (κ2) is 8.02. The molecule has 2 N–H and O–H groups in total. The molecule has 0 saturated carbocycles. The lowest BCUT2D eigenvalue weighted by Crippen LogP contribution is -2.19. The molecule has 0 radical (unpaired) electrons. The van der Waals surface area contributed by atoms with Crippen LogP contribution in [0.1, 0.15) is 23.4 Å². The third-order valence-corrected chi connectivity index (χ3v) is 4.79. The fourth-order valence-electron chi connectivity index (χ4n) is 3.53. The van der Waals surface area contributed by atoms with Gasteiger partial charge in [-0.3, -0.25) is 4.98 Å². The molecule has 0 saturated heterocycles. The summed E-state index contributed by atoms with van der Waals surface area (Å²) in [7, 11) is 0. The predicted molar refractivity (Wildman–Crippen MR) is 106 cm³/mol. The normalized spacial score (nSPS) is 13.5. The van der Waals surface area contributed by atoms with Gasteiger partial charge >= 0.3 is 0 Å². The van der Waals surface area contributed by atoms with Crippen LogP contribution in [-0.4, -0.2) is 43.1 Å². The first-order valence-corrected chi connectivity index (χ1v) is 9.35. The van der Waals surface area contributed by atoms with Crippen molar-refractivity contribution in [3.63, 3.8) is 0 Å².